The van der Waals surface area contributed by atoms with Crippen LogP contribution in [0.25, 0.3) is 11.0 Å². The van der Waals surface area contributed by atoms with E-state index in [-0.39, 0.29) is 0 Å². The molecule has 1 aliphatic heterocycles. The molecule has 1 saturated heterocycles. The number of nitrogens with two attached hydrogens (primary N) is 1. The van der Waals surface area contributed by atoms with E-state index in [4.69, 9.17) is 5.73 Å². The molecule has 2 N–H and O–H groups in total. The minimum Gasteiger partial charge on any atom is -0.383 e. The van der Waals surface area contributed by atoms with E-state index >= 15 is 0 Å². The van der Waals surface area contributed by atoms with Gasteiger partial charge in [0.15, 0.2) is 0 Å². The van der Waals surface area contributed by atoms with Gasteiger partial charge in [-0.1, -0.05) is 0 Å². The molecule has 0 saturated carbocycles. The number of nitrogens with zero attached hydrogens (tertiary/aromatic N) is 3. The molecule has 3 rings (SSSR count). The predicted octanol–water partition coefficient (Wildman–Crippen LogP) is 3.01. The van der Waals surface area contributed by atoms with E-state index in [1.54, 1.807) is 0 Å². The first-order chi connectivity index (χ1) is 9.09. The van der Waals surface area contributed by atoms with Gasteiger partial charge in [0, 0.05) is 17.5 Å². The summed E-state index contributed by atoms with van der Waals surface area (Å²) in [4.78, 5) is 8.97. The van der Waals surface area contributed by atoms with Gasteiger partial charge in [0.1, 0.15) is 17.3 Å². The third-order valence-electron chi connectivity index (χ3n) is 4.04. The van der Waals surface area contributed by atoms with Crippen molar-refractivity contribution >= 4 is 28.6 Å². The first-order valence-corrected chi connectivity index (χ1v) is 7.94. The van der Waals surface area contributed by atoms with Gasteiger partial charge in [-0.25, -0.2) is 9.97 Å². The van der Waals surface area contributed by atoms with Crippen LogP contribution in [0.2, 0.25) is 0 Å². The Balaban J connectivity index is 2.25. The number of aromatic nitrogens is 3. The summed E-state index contributed by atoms with van der Waals surface area (Å²) >= 11 is 2.04. The number of hydrogen-bond donors (Lipinski definition) is 1. The van der Waals surface area contributed by atoms with Gasteiger partial charge in [-0.05, 0) is 44.9 Å². The standard InChI is InChI=1S/C14H20N4S/c1-8-9(2)18(11-5-4-6-19-7-11)14-12(8)13(15)16-10(3)17-14/h11H,4-7H2,1-3H3,(H2,15,16,17). The Labute approximate surface area is 117 Å². The molecule has 0 radical (unpaired) electrons. The molecule has 1 fully saturated rings. The van der Waals surface area contributed by atoms with Crippen LogP contribution in [0.15, 0.2) is 0 Å². The maximum absolute atomic E-state index is 6.10. The normalized spacial score (nSPS) is 20.1. The van der Waals surface area contributed by atoms with Crippen LogP contribution in [0.4, 0.5) is 5.82 Å². The summed E-state index contributed by atoms with van der Waals surface area (Å²) in [6.45, 7) is 6.21. The number of fused-ring (bicyclic) bond motifs is 1. The molecule has 2 aromatic heterocycles. The second-order valence-corrected chi connectivity index (χ2v) is 6.46. The average Bonchev–Trinajstić information content (AvgIpc) is 2.63. The van der Waals surface area contributed by atoms with Gasteiger partial charge in [0.2, 0.25) is 0 Å². The maximum Gasteiger partial charge on any atom is 0.146 e. The monoisotopic (exact) mass is 276 g/mol. The molecule has 4 nitrogen and oxygen atoms in total. The van der Waals surface area contributed by atoms with E-state index in [1.165, 1.54) is 35.6 Å². The van der Waals surface area contributed by atoms with Crippen molar-refractivity contribution in [3.63, 3.8) is 0 Å². The van der Waals surface area contributed by atoms with E-state index in [2.05, 4.69) is 28.4 Å². The lowest BCUT2D eigenvalue weighted by atomic mass is 10.1. The summed E-state index contributed by atoms with van der Waals surface area (Å²) in [6.07, 6.45) is 2.52. The van der Waals surface area contributed by atoms with Crippen molar-refractivity contribution in [2.45, 2.75) is 39.7 Å². The van der Waals surface area contributed by atoms with Gasteiger partial charge in [-0.3, -0.25) is 0 Å². The zero-order valence-electron chi connectivity index (χ0n) is 11.7. The highest BCUT2D eigenvalue weighted by Gasteiger charge is 2.23. The number of aryl methyl sites for hydroxylation is 2. The SMILES string of the molecule is Cc1nc(N)c2c(C)c(C)n(C3CCCSC3)c2n1. The van der Waals surface area contributed by atoms with Crippen molar-refractivity contribution in [3.05, 3.63) is 17.1 Å². The van der Waals surface area contributed by atoms with Crippen LogP contribution in [0.5, 0.6) is 0 Å². The highest BCUT2D eigenvalue weighted by molar-refractivity contribution is 7.99. The number of rotatable bonds is 1. The Morgan fingerprint density at radius 1 is 1.26 bits per heavy atom. The third-order valence-corrected chi connectivity index (χ3v) is 5.24. The lowest BCUT2D eigenvalue weighted by Gasteiger charge is -2.25. The van der Waals surface area contributed by atoms with Crippen molar-refractivity contribution in [1.29, 1.82) is 0 Å². The molecule has 2 aromatic rings. The fraction of sp³-hybridized carbons (Fsp3) is 0.571. The molecule has 0 spiro atoms. The fourth-order valence-corrected chi connectivity index (χ4v) is 4.13. The zero-order chi connectivity index (χ0) is 13.6. The molecule has 0 bridgehead atoms. The second kappa shape index (κ2) is 4.71. The van der Waals surface area contributed by atoms with Crippen LogP contribution < -0.4 is 5.73 Å². The number of nitrogen functional groups attached to an aromatic ring is 1. The Hall–Kier alpha value is -1.23. The topological polar surface area (TPSA) is 56.7 Å². The lowest BCUT2D eigenvalue weighted by Crippen LogP contribution is -2.18. The van der Waals surface area contributed by atoms with E-state index in [1.807, 2.05) is 18.7 Å². The zero-order valence-corrected chi connectivity index (χ0v) is 12.5. The first-order valence-electron chi connectivity index (χ1n) is 6.78. The van der Waals surface area contributed by atoms with Gasteiger partial charge >= 0.3 is 0 Å². The molecule has 1 atom stereocenters. The summed E-state index contributed by atoms with van der Waals surface area (Å²) in [5.41, 5.74) is 9.63. The number of thioether (sulfide) groups is 1. The van der Waals surface area contributed by atoms with E-state index in [0.717, 1.165) is 16.9 Å². The minimum atomic E-state index is 0.545. The van der Waals surface area contributed by atoms with Crippen LogP contribution in [0, 0.1) is 20.8 Å². The summed E-state index contributed by atoms with van der Waals surface area (Å²) in [6, 6.07) is 0.545. The fourth-order valence-electron chi connectivity index (χ4n) is 3.01. The number of anilines is 1. The molecule has 5 heteroatoms. The van der Waals surface area contributed by atoms with Crippen molar-refractivity contribution in [3.8, 4) is 0 Å². The largest absolute Gasteiger partial charge is 0.383 e. The van der Waals surface area contributed by atoms with E-state index in [0.29, 0.717) is 11.9 Å². The predicted molar refractivity (Wildman–Crippen MR) is 81.7 cm³/mol. The lowest BCUT2D eigenvalue weighted by molar-refractivity contribution is 0.501. The summed E-state index contributed by atoms with van der Waals surface area (Å²) < 4.78 is 2.39. The van der Waals surface area contributed by atoms with E-state index < -0.39 is 0 Å². The average molecular weight is 276 g/mol. The summed E-state index contributed by atoms with van der Waals surface area (Å²) in [5, 5.41) is 1.04. The van der Waals surface area contributed by atoms with Gasteiger partial charge in [-0.15, -0.1) is 0 Å². The van der Waals surface area contributed by atoms with E-state index in [9.17, 15) is 0 Å². The van der Waals surface area contributed by atoms with Crippen LogP contribution in [0.3, 0.4) is 0 Å². The Bertz CT molecular complexity index is 626. The van der Waals surface area contributed by atoms with Gasteiger partial charge in [-0.2, -0.15) is 11.8 Å². The molecular weight excluding hydrogens is 256 g/mol. The molecule has 0 aliphatic carbocycles. The highest BCUT2D eigenvalue weighted by atomic mass is 32.2. The molecule has 1 unspecified atom stereocenters. The quantitative estimate of drug-likeness (QED) is 0.870. The van der Waals surface area contributed by atoms with Crippen molar-refractivity contribution in [2.75, 3.05) is 17.2 Å². The van der Waals surface area contributed by atoms with Crippen molar-refractivity contribution in [1.82, 2.24) is 14.5 Å². The van der Waals surface area contributed by atoms with Crippen LogP contribution in [0.1, 0.15) is 36.0 Å². The van der Waals surface area contributed by atoms with Gasteiger partial charge in [0.25, 0.3) is 0 Å². The summed E-state index contributed by atoms with van der Waals surface area (Å²) in [7, 11) is 0. The maximum atomic E-state index is 6.10. The second-order valence-electron chi connectivity index (χ2n) is 5.31. The smallest absolute Gasteiger partial charge is 0.146 e. The molecule has 102 valence electrons. The molecule has 0 amide bonds. The first kappa shape index (κ1) is 12.8. The summed E-state index contributed by atoms with van der Waals surface area (Å²) in [5.74, 6) is 3.83. The molecule has 0 aromatic carbocycles. The van der Waals surface area contributed by atoms with Crippen molar-refractivity contribution < 1.29 is 0 Å². The molecule has 19 heavy (non-hydrogen) atoms. The van der Waals surface area contributed by atoms with Gasteiger partial charge in [0.05, 0.1) is 5.39 Å². The third kappa shape index (κ3) is 2.00. The van der Waals surface area contributed by atoms with Crippen LogP contribution in [-0.4, -0.2) is 26.0 Å². The van der Waals surface area contributed by atoms with Crippen LogP contribution in [-0.2, 0) is 0 Å². The van der Waals surface area contributed by atoms with Gasteiger partial charge < -0.3 is 10.3 Å². The number of hydrogen-bond acceptors (Lipinski definition) is 4. The Kier molecular flexibility index (Phi) is 3.17. The molecule has 3 heterocycles. The molecule has 1 aliphatic rings. The van der Waals surface area contributed by atoms with Crippen LogP contribution >= 0.6 is 11.8 Å². The Morgan fingerprint density at radius 3 is 2.74 bits per heavy atom. The Morgan fingerprint density at radius 2 is 2.05 bits per heavy atom. The minimum absolute atomic E-state index is 0.545. The van der Waals surface area contributed by atoms with Crippen molar-refractivity contribution in [2.24, 2.45) is 0 Å². The highest BCUT2D eigenvalue weighted by Crippen LogP contribution is 2.35. The molecular formula is C14H20N4S.